The van der Waals surface area contributed by atoms with Crippen LogP contribution in [-0.2, 0) is 23.2 Å². The fourth-order valence-electron chi connectivity index (χ4n) is 3.51. The van der Waals surface area contributed by atoms with Crippen LogP contribution in [0.3, 0.4) is 0 Å². The van der Waals surface area contributed by atoms with E-state index in [1.165, 1.54) is 11.1 Å². The summed E-state index contributed by atoms with van der Waals surface area (Å²) in [6.45, 7) is 0.107. The molecule has 3 aromatic rings. The molecule has 8 nitrogen and oxygen atoms in total. The van der Waals surface area contributed by atoms with E-state index in [0.717, 1.165) is 35.7 Å². The molecule has 0 bridgehead atoms. The van der Waals surface area contributed by atoms with Crippen LogP contribution in [0.15, 0.2) is 47.6 Å². The molecule has 0 saturated carbocycles. The van der Waals surface area contributed by atoms with Crippen LogP contribution in [0.25, 0.3) is 22.4 Å². The van der Waals surface area contributed by atoms with E-state index in [-0.39, 0.29) is 18.3 Å². The lowest BCUT2D eigenvalue weighted by molar-refractivity contribution is -0.137. The number of aromatic nitrogens is 2. The smallest absolute Gasteiger partial charge is 0.327 e. The molecule has 13 heteroatoms. The summed E-state index contributed by atoms with van der Waals surface area (Å²) in [6, 6.07) is 10.4. The summed E-state index contributed by atoms with van der Waals surface area (Å²) in [7, 11) is -1.65. The Labute approximate surface area is 197 Å². The normalized spacial score (nSPS) is 15.1. The molecule has 1 aliphatic rings. The molecule has 0 radical (unpaired) electrons. The first-order valence-electron chi connectivity index (χ1n) is 10.0. The number of carbonyl (C=O) groups excluding carboxylic acids is 1. The van der Waals surface area contributed by atoms with Gasteiger partial charge in [0.25, 0.3) is 0 Å². The Bertz CT molecular complexity index is 1400. The van der Waals surface area contributed by atoms with Gasteiger partial charge in [0.2, 0.25) is 10.0 Å². The van der Waals surface area contributed by atoms with Crippen molar-refractivity contribution in [1.82, 2.24) is 19.3 Å². The number of halogens is 3. The maximum atomic E-state index is 13.1. The second-order valence-electron chi connectivity index (χ2n) is 7.67. The van der Waals surface area contributed by atoms with Crippen molar-refractivity contribution in [2.75, 3.05) is 25.1 Å². The quantitative estimate of drug-likeness (QED) is 0.545. The Morgan fingerprint density at radius 3 is 2.62 bits per heavy atom. The van der Waals surface area contributed by atoms with Gasteiger partial charge in [-0.1, -0.05) is 30.0 Å². The molecule has 0 unspecified atom stereocenters. The molecular formula is C21H20F3N5O3S2. The van der Waals surface area contributed by atoms with Crippen molar-refractivity contribution in [3.63, 3.8) is 0 Å². The van der Waals surface area contributed by atoms with E-state index in [1.807, 2.05) is 6.07 Å². The number of fused-ring (bicyclic) bond motifs is 1. The Balaban J connectivity index is 1.64. The van der Waals surface area contributed by atoms with Gasteiger partial charge < -0.3 is 4.57 Å². The van der Waals surface area contributed by atoms with Gasteiger partial charge in [-0.25, -0.2) is 23.1 Å². The number of carbonyl (C=O) groups is 1. The predicted octanol–water partition coefficient (Wildman–Crippen LogP) is 3.68. The summed E-state index contributed by atoms with van der Waals surface area (Å²) < 4.78 is 65.9. The van der Waals surface area contributed by atoms with Crippen LogP contribution in [0.1, 0.15) is 11.1 Å². The highest BCUT2D eigenvalue weighted by atomic mass is 32.2. The van der Waals surface area contributed by atoms with Gasteiger partial charge in [-0.15, -0.1) is 0 Å². The Kier molecular flexibility index (Phi) is 6.44. The number of amides is 1. The third-order valence-electron chi connectivity index (χ3n) is 5.13. The van der Waals surface area contributed by atoms with E-state index < -0.39 is 21.8 Å². The SMILES string of the molecule is Cn1c(-c2cccc(C(F)(F)F)c2)nc2cc(C3=NN(CCNS(C)(=O)=O)C(=O)SC3)ccc21. The van der Waals surface area contributed by atoms with Crippen LogP contribution in [0.5, 0.6) is 0 Å². The van der Waals surface area contributed by atoms with Crippen molar-refractivity contribution < 1.29 is 26.4 Å². The van der Waals surface area contributed by atoms with Gasteiger partial charge in [0.15, 0.2) is 0 Å². The third kappa shape index (κ3) is 5.26. The molecule has 1 aliphatic heterocycles. The molecule has 0 spiro atoms. The fraction of sp³-hybridized carbons (Fsp3) is 0.286. The van der Waals surface area contributed by atoms with Gasteiger partial charge in [0.05, 0.1) is 35.1 Å². The molecule has 0 aliphatic carbocycles. The lowest BCUT2D eigenvalue weighted by atomic mass is 10.1. The average molecular weight is 512 g/mol. The van der Waals surface area contributed by atoms with Crippen LogP contribution in [-0.4, -0.2) is 59.0 Å². The van der Waals surface area contributed by atoms with E-state index in [1.54, 1.807) is 29.8 Å². The van der Waals surface area contributed by atoms with Gasteiger partial charge in [0, 0.05) is 30.5 Å². The zero-order valence-corrected chi connectivity index (χ0v) is 19.8. The highest BCUT2D eigenvalue weighted by Crippen LogP contribution is 2.33. The van der Waals surface area contributed by atoms with E-state index in [9.17, 15) is 26.4 Å². The van der Waals surface area contributed by atoms with Crippen molar-refractivity contribution in [2.24, 2.45) is 12.1 Å². The van der Waals surface area contributed by atoms with E-state index in [2.05, 4.69) is 14.8 Å². The number of hydrazone groups is 1. The minimum absolute atomic E-state index is 0.0293. The summed E-state index contributed by atoms with van der Waals surface area (Å²) in [4.78, 5) is 16.7. The molecule has 1 aromatic heterocycles. The van der Waals surface area contributed by atoms with Gasteiger partial charge >= 0.3 is 11.4 Å². The van der Waals surface area contributed by atoms with Gasteiger partial charge in [-0.3, -0.25) is 4.79 Å². The van der Waals surface area contributed by atoms with Crippen LogP contribution >= 0.6 is 11.8 Å². The number of thioether (sulfide) groups is 1. The Morgan fingerprint density at radius 1 is 1.15 bits per heavy atom. The number of alkyl halides is 3. The summed E-state index contributed by atoms with van der Waals surface area (Å²) in [6.07, 6.45) is -3.42. The van der Waals surface area contributed by atoms with E-state index in [0.29, 0.717) is 33.9 Å². The van der Waals surface area contributed by atoms with E-state index >= 15 is 0 Å². The zero-order chi connectivity index (χ0) is 24.7. The van der Waals surface area contributed by atoms with Crippen LogP contribution < -0.4 is 4.72 Å². The Morgan fingerprint density at radius 2 is 1.91 bits per heavy atom. The van der Waals surface area contributed by atoms with Crippen molar-refractivity contribution in [2.45, 2.75) is 6.18 Å². The highest BCUT2D eigenvalue weighted by Gasteiger charge is 2.31. The largest absolute Gasteiger partial charge is 0.416 e. The van der Waals surface area contributed by atoms with Crippen LogP contribution in [0.2, 0.25) is 0 Å². The maximum absolute atomic E-state index is 13.1. The molecule has 0 atom stereocenters. The summed E-state index contributed by atoms with van der Waals surface area (Å²) in [5.41, 5.74) is 2.21. The van der Waals surface area contributed by atoms with Gasteiger partial charge in [-0.05, 0) is 24.3 Å². The fourth-order valence-corrected chi connectivity index (χ4v) is 4.74. The zero-order valence-electron chi connectivity index (χ0n) is 18.1. The lowest BCUT2D eigenvalue weighted by Crippen LogP contribution is -2.36. The molecule has 2 heterocycles. The number of rotatable bonds is 6. The average Bonchev–Trinajstić information content (AvgIpc) is 3.09. The third-order valence-corrected chi connectivity index (χ3v) is 6.74. The lowest BCUT2D eigenvalue weighted by Gasteiger charge is -2.23. The number of nitrogens with zero attached hydrogens (tertiary/aromatic N) is 4. The van der Waals surface area contributed by atoms with Crippen LogP contribution in [0, 0.1) is 0 Å². The number of nitrogens with one attached hydrogen (secondary N) is 1. The number of aryl methyl sites for hydroxylation is 1. The topological polar surface area (TPSA) is 96.7 Å². The number of imidazole rings is 1. The van der Waals surface area contributed by atoms with Crippen molar-refractivity contribution in [3.05, 3.63) is 53.6 Å². The van der Waals surface area contributed by atoms with E-state index in [4.69, 9.17) is 0 Å². The molecular weight excluding hydrogens is 491 g/mol. The monoisotopic (exact) mass is 511 g/mol. The van der Waals surface area contributed by atoms with Crippen molar-refractivity contribution >= 4 is 43.8 Å². The molecule has 0 fully saturated rings. The minimum atomic E-state index is -4.45. The summed E-state index contributed by atoms with van der Waals surface area (Å²) in [5, 5.41) is 5.29. The summed E-state index contributed by atoms with van der Waals surface area (Å²) >= 11 is 1.05. The number of hydrogen-bond acceptors (Lipinski definition) is 6. The second kappa shape index (κ2) is 9.04. The highest BCUT2D eigenvalue weighted by molar-refractivity contribution is 8.14. The van der Waals surface area contributed by atoms with Crippen LogP contribution in [0.4, 0.5) is 18.0 Å². The number of sulfonamides is 1. The molecule has 34 heavy (non-hydrogen) atoms. The van der Waals surface area contributed by atoms with Gasteiger partial charge in [-0.2, -0.15) is 18.3 Å². The predicted molar refractivity (Wildman–Crippen MR) is 125 cm³/mol. The first kappa shape index (κ1) is 24.2. The molecule has 4 rings (SSSR count). The molecule has 2 aromatic carbocycles. The standard InChI is InChI=1S/C21H20F3N5O3S2/c1-28-18-7-6-13(17-12-33-20(30)29(27-17)9-8-25-34(2,31)32)11-16(18)26-19(28)14-4-3-5-15(10-14)21(22,23)24/h3-7,10-11,25H,8-9,12H2,1-2H3. The Hall–Kier alpha value is -2.90. The maximum Gasteiger partial charge on any atom is 0.416 e. The molecule has 1 amide bonds. The van der Waals surface area contributed by atoms with Gasteiger partial charge in [0.1, 0.15) is 5.82 Å². The number of benzene rings is 2. The summed E-state index contributed by atoms with van der Waals surface area (Å²) in [5.74, 6) is 0.718. The molecule has 180 valence electrons. The number of hydrogen-bond donors (Lipinski definition) is 1. The molecule has 1 N–H and O–H groups in total. The molecule has 0 saturated heterocycles. The van der Waals surface area contributed by atoms with Crippen molar-refractivity contribution in [1.29, 1.82) is 0 Å². The first-order chi connectivity index (χ1) is 15.9. The minimum Gasteiger partial charge on any atom is -0.327 e. The van der Waals surface area contributed by atoms with Crippen molar-refractivity contribution in [3.8, 4) is 11.4 Å². The first-order valence-corrected chi connectivity index (χ1v) is 12.9. The second-order valence-corrected chi connectivity index (χ2v) is 10.4.